The number of hydrogen-bond donors (Lipinski definition) is 0. The Hall–Kier alpha value is -2.79. The van der Waals surface area contributed by atoms with Crippen molar-refractivity contribution >= 4 is 32.6 Å². The van der Waals surface area contributed by atoms with Gasteiger partial charge in [0.25, 0.3) is 5.56 Å². The first-order valence-electron chi connectivity index (χ1n) is 11.2. The van der Waals surface area contributed by atoms with Crippen molar-refractivity contribution < 1.29 is 22.7 Å². The van der Waals surface area contributed by atoms with Crippen molar-refractivity contribution in [3.05, 3.63) is 52.1 Å². The molecular formula is C23H23F3N4O3S. The first-order valence-corrected chi connectivity index (χ1v) is 12.0. The minimum Gasteiger partial charge on any atom is -0.381 e. The van der Waals surface area contributed by atoms with E-state index >= 15 is 0 Å². The smallest absolute Gasteiger partial charge is 0.381 e. The summed E-state index contributed by atoms with van der Waals surface area (Å²) < 4.78 is 46.8. The van der Waals surface area contributed by atoms with E-state index in [9.17, 15) is 22.8 Å². The molecule has 0 unspecified atom stereocenters. The number of thiazole rings is 1. The van der Waals surface area contributed by atoms with Gasteiger partial charge in [0.2, 0.25) is 5.82 Å². The van der Waals surface area contributed by atoms with Crippen LogP contribution in [0.1, 0.15) is 30.7 Å². The molecule has 4 heterocycles. The molecule has 1 aromatic carbocycles. The van der Waals surface area contributed by atoms with E-state index in [0.717, 1.165) is 23.3 Å². The molecule has 2 fully saturated rings. The SMILES string of the molecule is O=C(CCc1ccccc1)[C@H]1CCCN1c1nc2c(=O)n(CC3COC3)c(C(F)(F)F)nc2s1. The fourth-order valence-corrected chi connectivity index (χ4v) is 5.47. The van der Waals surface area contributed by atoms with Crippen LogP contribution in [-0.2, 0) is 28.7 Å². The number of ether oxygens (including phenoxy) is 1. The highest BCUT2D eigenvalue weighted by atomic mass is 32.1. The summed E-state index contributed by atoms with van der Waals surface area (Å²) in [7, 11) is 0. The lowest BCUT2D eigenvalue weighted by Crippen LogP contribution is -2.38. The molecule has 11 heteroatoms. The van der Waals surface area contributed by atoms with Gasteiger partial charge in [0.1, 0.15) is 0 Å². The minimum absolute atomic E-state index is 0.0594. The molecule has 180 valence electrons. The number of nitrogens with zero attached hydrogens (tertiary/aromatic N) is 4. The molecule has 1 atom stereocenters. The largest absolute Gasteiger partial charge is 0.449 e. The van der Waals surface area contributed by atoms with Gasteiger partial charge in [-0.05, 0) is 24.8 Å². The average Bonchev–Trinajstić information content (AvgIpc) is 3.42. The van der Waals surface area contributed by atoms with Gasteiger partial charge in [-0.25, -0.2) is 9.97 Å². The number of fused-ring (bicyclic) bond motifs is 1. The van der Waals surface area contributed by atoms with E-state index in [1.807, 2.05) is 35.2 Å². The number of anilines is 1. The van der Waals surface area contributed by atoms with Crippen LogP contribution in [0.15, 0.2) is 35.1 Å². The van der Waals surface area contributed by atoms with Crippen LogP contribution in [0.3, 0.4) is 0 Å². The van der Waals surface area contributed by atoms with Gasteiger partial charge in [-0.3, -0.25) is 14.2 Å². The van der Waals surface area contributed by atoms with Crippen LogP contribution in [0.5, 0.6) is 0 Å². The number of benzene rings is 1. The molecule has 5 rings (SSSR count). The summed E-state index contributed by atoms with van der Waals surface area (Å²) in [5, 5.41) is 0.369. The topological polar surface area (TPSA) is 77.3 Å². The summed E-state index contributed by atoms with van der Waals surface area (Å²) in [6, 6.07) is 9.31. The van der Waals surface area contributed by atoms with Crippen LogP contribution in [0.25, 0.3) is 10.3 Å². The Bertz CT molecular complexity index is 1250. The quantitative estimate of drug-likeness (QED) is 0.501. The van der Waals surface area contributed by atoms with Gasteiger partial charge < -0.3 is 9.64 Å². The third kappa shape index (κ3) is 4.46. The first kappa shape index (κ1) is 23.0. The number of hydrogen-bond acceptors (Lipinski definition) is 7. The molecule has 2 aromatic heterocycles. The van der Waals surface area contributed by atoms with Gasteiger partial charge in [-0.15, -0.1) is 0 Å². The molecule has 0 N–H and O–H groups in total. The van der Waals surface area contributed by atoms with Crippen LogP contribution >= 0.6 is 11.3 Å². The average molecular weight is 493 g/mol. The molecule has 7 nitrogen and oxygen atoms in total. The number of aromatic nitrogens is 3. The number of aryl methyl sites for hydroxylation is 1. The maximum atomic E-state index is 13.7. The number of ketones is 1. The van der Waals surface area contributed by atoms with Crippen molar-refractivity contribution in [2.75, 3.05) is 24.7 Å². The van der Waals surface area contributed by atoms with Gasteiger partial charge >= 0.3 is 6.18 Å². The fraction of sp³-hybridized carbons (Fsp3) is 0.478. The van der Waals surface area contributed by atoms with Gasteiger partial charge in [-0.2, -0.15) is 13.2 Å². The summed E-state index contributed by atoms with van der Waals surface area (Å²) in [6.45, 7) is 1.06. The van der Waals surface area contributed by atoms with Crippen LogP contribution in [0.4, 0.5) is 18.3 Å². The molecular weight excluding hydrogens is 469 g/mol. The zero-order chi connectivity index (χ0) is 23.9. The van der Waals surface area contributed by atoms with Gasteiger partial charge in [-0.1, -0.05) is 41.7 Å². The van der Waals surface area contributed by atoms with E-state index in [2.05, 4.69) is 9.97 Å². The second kappa shape index (κ2) is 9.10. The molecule has 2 aliphatic heterocycles. The van der Waals surface area contributed by atoms with E-state index in [0.29, 0.717) is 48.7 Å². The summed E-state index contributed by atoms with van der Waals surface area (Å²) in [4.78, 5) is 35.9. The zero-order valence-corrected chi connectivity index (χ0v) is 19.1. The van der Waals surface area contributed by atoms with Gasteiger partial charge in [0.15, 0.2) is 21.3 Å². The van der Waals surface area contributed by atoms with E-state index in [1.165, 1.54) is 0 Å². The molecule has 3 aromatic rings. The lowest BCUT2D eigenvalue weighted by atomic mass is 10.0. The normalized spacial score (nSPS) is 19.0. The molecule has 0 bridgehead atoms. The minimum atomic E-state index is -4.77. The van der Waals surface area contributed by atoms with Crippen molar-refractivity contribution in [3.8, 4) is 0 Å². The molecule has 0 amide bonds. The zero-order valence-electron chi connectivity index (χ0n) is 18.3. The van der Waals surface area contributed by atoms with Crippen LogP contribution in [0, 0.1) is 5.92 Å². The van der Waals surface area contributed by atoms with Crippen molar-refractivity contribution in [2.24, 2.45) is 5.92 Å². The number of Topliss-reactive ketones (excluding diaryl/α,β-unsaturated/α-hetero) is 1. The highest BCUT2D eigenvalue weighted by Crippen LogP contribution is 2.35. The molecule has 2 saturated heterocycles. The number of halogens is 3. The van der Waals surface area contributed by atoms with Crippen LogP contribution in [0.2, 0.25) is 0 Å². The summed E-state index contributed by atoms with van der Waals surface area (Å²) in [5.41, 5.74) is 0.176. The number of carbonyl (C=O) groups is 1. The Kier molecular flexibility index (Phi) is 6.15. The second-order valence-corrected chi connectivity index (χ2v) is 9.66. The van der Waals surface area contributed by atoms with Crippen molar-refractivity contribution in [1.29, 1.82) is 0 Å². The summed E-state index contributed by atoms with van der Waals surface area (Å²) in [5.74, 6) is -1.32. The van der Waals surface area contributed by atoms with E-state index in [-0.39, 0.29) is 28.6 Å². The Balaban J connectivity index is 1.43. The highest BCUT2D eigenvalue weighted by Gasteiger charge is 2.39. The molecule has 0 spiro atoms. The van der Waals surface area contributed by atoms with Crippen molar-refractivity contribution in [2.45, 2.75) is 44.4 Å². The van der Waals surface area contributed by atoms with Crippen LogP contribution in [-0.4, -0.2) is 46.1 Å². The second-order valence-electron chi connectivity index (χ2n) is 8.71. The van der Waals surface area contributed by atoms with Crippen molar-refractivity contribution in [3.63, 3.8) is 0 Å². The maximum Gasteiger partial charge on any atom is 0.449 e. The highest BCUT2D eigenvalue weighted by molar-refractivity contribution is 7.21. The number of carbonyl (C=O) groups excluding carboxylic acids is 1. The van der Waals surface area contributed by atoms with Crippen molar-refractivity contribution in [1.82, 2.24) is 14.5 Å². The predicted molar refractivity (Wildman–Crippen MR) is 121 cm³/mol. The number of rotatable bonds is 7. The Labute approximate surface area is 197 Å². The standard InChI is InChI=1S/C23H23F3N4O3S/c24-23(25,26)21-28-19-18(20(32)30(21)11-15-12-33-13-15)27-22(34-19)29-10-4-7-16(29)17(31)9-8-14-5-2-1-3-6-14/h1-3,5-6,15-16H,4,7-13H2/t16-/m1/s1. The molecule has 2 aliphatic rings. The predicted octanol–water partition coefficient (Wildman–Crippen LogP) is 3.69. The molecule has 0 radical (unpaired) electrons. The van der Waals surface area contributed by atoms with Gasteiger partial charge in [0.05, 0.1) is 19.3 Å². The lowest BCUT2D eigenvalue weighted by molar-refractivity contribution is -0.149. The third-order valence-corrected chi connectivity index (χ3v) is 7.27. The number of alkyl halides is 3. The summed E-state index contributed by atoms with van der Waals surface area (Å²) in [6.07, 6.45) is -2.37. The lowest BCUT2D eigenvalue weighted by Gasteiger charge is -2.27. The van der Waals surface area contributed by atoms with Gasteiger partial charge in [0, 0.05) is 25.4 Å². The monoisotopic (exact) mass is 492 g/mol. The Morgan fingerprint density at radius 1 is 1.18 bits per heavy atom. The van der Waals surface area contributed by atoms with E-state index < -0.39 is 23.6 Å². The fourth-order valence-electron chi connectivity index (χ4n) is 4.46. The molecule has 0 aliphatic carbocycles. The maximum absolute atomic E-state index is 13.7. The first-order chi connectivity index (χ1) is 16.3. The summed E-state index contributed by atoms with van der Waals surface area (Å²) >= 11 is 0.935. The Morgan fingerprint density at radius 3 is 2.62 bits per heavy atom. The Morgan fingerprint density at radius 2 is 1.94 bits per heavy atom. The van der Waals surface area contributed by atoms with E-state index in [4.69, 9.17) is 4.74 Å². The van der Waals surface area contributed by atoms with E-state index in [1.54, 1.807) is 0 Å². The molecule has 34 heavy (non-hydrogen) atoms. The van der Waals surface area contributed by atoms with Crippen LogP contribution < -0.4 is 10.5 Å². The molecule has 0 saturated carbocycles. The third-order valence-electron chi connectivity index (χ3n) is 6.28.